The Balaban J connectivity index is 0. The molecule has 0 spiro atoms. The van der Waals surface area contributed by atoms with Crippen LogP contribution in [-0.4, -0.2) is 91.0 Å². The molecule has 0 N–H and O–H groups in total. The Morgan fingerprint density at radius 1 is 0.750 bits per heavy atom. The number of halogens is 1. The van der Waals surface area contributed by atoms with Crippen LogP contribution in [0.1, 0.15) is 0 Å². The van der Waals surface area contributed by atoms with Gasteiger partial charge in [0, 0.05) is 0 Å². The second kappa shape index (κ2) is 16.4. The minimum atomic E-state index is 0. The molecule has 0 unspecified atom stereocenters. The van der Waals surface area contributed by atoms with Crippen LogP contribution in [0.25, 0.3) is 0 Å². The van der Waals surface area contributed by atoms with Crippen molar-refractivity contribution in [1.82, 2.24) is 0 Å². The zero-order chi connectivity index (χ0) is 0. The van der Waals surface area contributed by atoms with Crippen LogP contribution >= 0.6 is 0 Å². The fraction of sp³-hybridized carbons (Fsp3) is 0. The van der Waals surface area contributed by atoms with Gasteiger partial charge in [0.25, 0.3) is 0 Å². The van der Waals surface area contributed by atoms with Crippen molar-refractivity contribution >= 4 is 91.0 Å². The van der Waals surface area contributed by atoms with Gasteiger partial charge in [0.1, 0.15) is 0 Å². The van der Waals surface area contributed by atoms with Crippen LogP contribution in [-0.2, 0) is 5.48 Å². The van der Waals surface area contributed by atoms with Crippen LogP contribution in [0.15, 0.2) is 0 Å². The molecule has 0 fully saturated rings. The van der Waals surface area contributed by atoms with Crippen LogP contribution < -0.4 is 12.4 Å². The zero-order valence-electron chi connectivity index (χ0n) is 2.20. The van der Waals surface area contributed by atoms with Crippen molar-refractivity contribution in [3.05, 3.63) is 0 Å². The summed E-state index contributed by atoms with van der Waals surface area (Å²) < 4.78 is 0. The third kappa shape index (κ3) is 8.96. The van der Waals surface area contributed by atoms with E-state index in [1.807, 2.05) is 0 Å². The molecule has 0 aliphatic carbocycles. The van der Waals surface area contributed by atoms with Crippen LogP contribution in [0.2, 0.25) is 0 Å². The fourth-order valence-electron chi connectivity index (χ4n) is 0. The van der Waals surface area contributed by atoms with Gasteiger partial charge in [-0.1, -0.05) is 0 Å². The monoisotopic (exact) mass is 227 g/mol. The van der Waals surface area contributed by atoms with Crippen molar-refractivity contribution in [2.24, 2.45) is 0 Å². The fourth-order valence-corrected chi connectivity index (χ4v) is 0. The second-order valence-corrected chi connectivity index (χ2v) is 0. The SMILES string of the molecule is [Cl-].[O-2].[Sr+2].[Sr+2]. The Hall–Kier alpha value is 3.21. The molecule has 0 aliphatic heterocycles. The molecule has 4 heteroatoms. The Labute approximate surface area is 106 Å². The van der Waals surface area contributed by atoms with Gasteiger partial charge < -0.3 is 17.9 Å². The van der Waals surface area contributed by atoms with E-state index >= 15 is 0 Å². The van der Waals surface area contributed by atoms with E-state index in [1.54, 1.807) is 0 Å². The van der Waals surface area contributed by atoms with Gasteiger partial charge in [-0.2, -0.15) is 0 Å². The molecule has 4 heavy (non-hydrogen) atoms. The van der Waals surface area contributed by atoms with E-state index in [4.69, 9.17) is 0 Å². The summed E-state index contributed by atoms with van der Waals surface area (Å²) in [5.41, 5.74) is 0. The zero-order valence-corrected chi connectivity index (χ0v) is 9.91. The molecule has 0 saturated heterocycles. The number of rotatable bonds is 0. The van der Waals surface area contributed by atoms with Gasteiger partial charge >= 0.3 is 91.0 Å². The topological polar surface area (TPSA) is 28.5 Å². The normalized spacial score (nSPS) is 0. The average molecular weight is 227 g/mol. The molecule has 0 aromatic rings. The molecule has 0 bridgehead atoms. The molecule has 0 atom stereocenters. The smallest absolute Gasteiger partial charge is 2.00 e. The summed E-state index contributed by atoms with van der Waals surface area (Å²) in [5.74, 6) is 0. The van der Waals surface area contributed by atoms with Gasteiger partial charge in [-0.05, 0) is 0 Å². The van der Waals surface area contributed by atoms with Gasteiger partial charge in [-0.3, -0.25) is 0 Å². The van der Waals surface area contributed by atoms with E-state index in [0.717, 1.165) is 0 Å². The number of hydrogen-bond acceptors (Lipinski definition) is 0. The van der Waals surface area contributed by atoms with Gasteiger partial charge in [0.2, 0.25) is 0 Å². The molecule has 0 aromatic heterocycles. The van der Waals surface area contributed by atoms with Gasteiger partial charge in [0.05, 0.1) is 0 Å². The molecular weight excluding hydrogens is 227 g/mol. The first kappa shape index (κ1) is 27.0. The minimum Gasteiger partial charge on any atom is -2.00 e. The third-order valence-corrected chi connectivity index (χ3v) is 0. The quantitative estimate of drug-likeness (QED) is 0.378. The summed E-state index contributed by atoms with van der Waals surface area (Å²) in [6.45, 7) is 0. The van der Waals surface area contributed by atoms with Crippen molar-refractivity contribution in [3.63, 3.8) is 0 Å². The van der Waals surface area contributed by atoms with E-state index in [2.05, 4.69) is 0 Å². The third-order valence-electron chi connectivity index (χ3n) is 0. The summed E-state index contributed by atoms with van der Waals surface area (Å²) in [6.07, 6.45) is 0. The predicted molar refractivity (Wildman–Crippen MR) is 12.2 cm³/mol. The number of hydrogen-bond donors (Lipinski definition) is 0. The Kier molecular flexibility index (Phi) is 110. The molecule has 0 radical (unpaired) electrons. The van der Waals surface area contributed by atoms with Gasteiger partial charge in [-0.15, -0.1) is 0 Å². The van der Waals surface area contributed by atoms with Gasteiger partial charge in [0.15, 0.2) is 0 Å². The summed E-state index contributed by atoms with van der Waals surface area (Å²) in [4.78, 5) is 0. The molecule has 0 amide bonds. The molecule has 0 aromatic carbocycles. The first-order valence-corrected chi connectivity index (χ1v) is 0. The Morgan fingerprint density at radius 2 is 0.750 bits per heavy atom. The Bertz CT molecular complexity index is 6.00. The van der Waals surface area contributed by atoms with Crippen molar-refractivity contribution in [2.75, 3.05) is 0 Å². The van der Waals surface area contributed by atoms with E-state index in [9.17, 15) is 0 Å². The predicted octanol–water partition coefficient (Wildman–Crippen LogP) is -3.88. The first-order valence-electron chi connectivity index (χ1n) is 0. The summed E-state index contributed by atoms with van der Waals surface area (Å²) in [5, 5.41) is 0. The molecule has 16 valence electrons. The summed E-state index contributed by atoms with van der Waals surface area (Å²) in [7, 11) is 0. The van der Waals surface area contributed by atoms with E-state index in [0.29, 0.717) is 0 Å². The maximum Gasteiger partial charge on any atom is 2.00 e. The van der Waals surface area contributed by atoms with E-state index in [1.165, 1.54) is 0 Å². The van der Waals surface area contributed by atoms with E-state index < -0.39 is 0 Å². The van der Waals surface area contributed by atoms with Crippen LogP contribution in [0.5, 0.6) is 0 Å². The molecule has 0 saturated carbocycles. The standard InChI is InChI=1S/ClH.O.2Sr/h1H;;;/q;-2;2*+2/p-1. The minimum absolute atomic E-state index is 0. The second-order valence-electron chi connectivity index (χ2n) is 0. The van der Waals surface area contributed by atoms with Crippen LogP contribution in [0.4, 0.5) is 0 Å². The van der Waals surface area contributed by atoms with E-state index in [-0.39, 0.29) is 109 Å². The molecule has 0 heterocycles. The van der Waals surface area contributed by atoms with Crippen LogP contribution in [0, 0.1) is 0 Å². The molecule has 1 nitrogen and oxygen atoms in total. The Morgan fingerprint density at radius 3 is 0.750 bits per heavy atom. The maximum absolute atomic E-state index is 0. The molecule has 0 rings (SSSR count). The largest absolute Gasteiger partial charge is 2.00 e. The first-order chi connectivity index (χ1) is 0. The van der Waals surface area contributed by atoms with Crippen molar-refractivity contribution in [2.45, 2.75) is 0 Å². The van der Waals surface area contributed by atoms with Crippen molar-refractivity contribution < 1.29 is 17.9 Å². The van der Waals surface area contributed by atoms with Crippen molar-refractivity contribution in [3.8, 4) is 0 Å². The summed E-state index contributed by atoms with van der Waals surface area (Å²) >= 11 is 0. The molecular formula is ClOSr2+. The maximum atomic E-state index is 0. The molecule has 0 aliphatic rings. The average Bonchev–Trinajstić information content (AvgIpc) is 0. The van der Waals surface area contributed by atoms with Gasteiger partial charge in [-0.25, -0.2) is 0 Å². The van der Waals surface area contributed by atoms with Crippen LogP contribution in [0.3, 0.4) is 0 Å². The summed E-state index contributed by atoms with van der Waals surface area (Å²) in [6, 6.07) is 0. The van der Waals surface area contributed by atoms with Crippen molar-refractivity contribution in [1.29, 1.82) is 0 Å².